The molecule has 134 valence electrons. The molecule has 0 atom stereocenters. The fourth-order valence-corrected chi connectivity index (χ4v) is 3.50. The van der Waals surface area contributed by atoms with Crippen LogP contribution in [0.3, 0.4) is 0 Å². The minimum absolute atomic E-state index is 0.195. The van der Waals surface area contributed by atoms with Crippen LogP contribution in [0.4, 0.5) is 0 Å². The average molecular weight is 341 g/mol. The van der Waals surface area contributed by atoms with E-state index in [-0.39, 0.29) is 11.9 Å². The van der Waals surface area contributed by atoms with E-state index in [4.69, 9.17) is 0 Å². The Labute approximate surface area is 149 Å². The number of benzene rings is 1. The van der Waals surface area contributed by atoms with Crippen LogP contribution < -0.4 is 5.32 Å². The van der Waals surface area contributed by atoms with Gasteiger partial charge in [-0.05, 0) is 18.4 Å². The lowest BCUT2D eigenvalue weighted by molar-refractivity contribution is -0.147. The highest BCUT2D eigenvalue weighted by Crippen LogP contribution is 2.17. The van der Waals surface area contributed by atoms with Crippen molar-refractivity contribution in [2.75, 3.05) is 32.7 Å². The molecule has 1 aliphatic carbocycles. The average Bonchev–Trinajstić information content (AvgIpc) is 3.15. The van der Waals surface area contributed by atoms with E-state index in [9.17, 15) is 9.59 Å². The van der Waals surface area contributed by atoms with E-state index in [0.717, 1.165) is 45.3 Å². The molecule has 1 heterocycles. The molecule has 0 aromatic heterocycles. The summed E-state index contributed by atoms with van der Waals surface area (Å²) in [5.41, 5.74) is 1.19. The van der Waals surface area contributed by atoms with Crippen molar-refractivity contribution in [2.45, 2.75) is 31.7 Å². The van der Waals surface area contributed by atoms with Gasteiger partial charge in [-0.1, -0.05) is 55.3 Å². The maximum atomic E-state index is 12.3. The number of nitrogens with one attached hydrogen (secondary N) is 1. The summed E-state index contributed by atoms with van der Waals surface area (Å²) in [6, 6.07) is 10.4. The molecular weight excluding hydrogens is 314 g/mol. The summed E-state index contributed by atoms with van der Waals surface area (Å²) < 4.78 is 0. The first-order valence-electron chi connectivity index (χ1n) is 9.26. The van der Waals surface area contributed by atoms with E-state index in [2.05, 4.69) is 34.5 Å². The highest BCUT2D eigenvalue weighted by Gasteiger charge is 2.27. The van der Waals surface area contributed by atoms with E-state index in [1.54, 1.807) is 4.90 Å². The van der Waals surface area contributed by atoms with Crippen LogP contribution in [0, 0.1) is 0 Å². The topological polar surface area (TPSA) is 52.7 Å². The Bertz CT molecular complexity index is 601. The molecule has 1 saturated heterocycles. The smallest absolute Gasteiger partial charge is 0.311 e. The van der Waals surface area contributed by atoms with E-state index >= 15 is 0 Å². The molecule has 1 aromatic rings. The molecule has 5 heteroatoms. The summed E-state index contributed by atoms with van der Waals surface area (Å²) in [6.45, 7) is 3.72. The molecule has 1 aliphatic heterocycles. The predicted molar refractivity (Wildman–Crippen MR) is 98.9 cm³/mol. The lowest BCUT2D eigenvalue weighted by Crippen LogP contribution is -2.53. The van der Waals surface area contributed by atoms with Crippen molar-refractivity contribution < 1.29 is 9.59 Å². The minimum atomic E-state index is -0.427. The van der Waals surface area contributed by atoms with Gasteiger partial charge in [-0.25, -0.2) is 0 Å². The maximum absolute atomic E-state index is 12.3. The second-order valence-electron chi connectivity index (χ2n) is 6.86. The van der Waals surface area contributed by atoms with E-state index in [1.165, 1.54) is 5.56 Å². The first-order chi connectivity index (χ1) is 12.2. The molecule has 0 bridgehead atoms. The van der Waals surface area contributed by atoms with Crippen molar-refractivity contribution in [3.8, 4) is 0 Å². The zero-order valence-corrected chi connectivity index (χ0v) is 14.7. The van der Waals surface area contributed by atoms with Gasteiger partial charge in [0.15, 0.2) is 0 Å². The van der Waals surface area contributed by atoms with Crippen molar-refractivity contribution >= 4 is 17.9 Å². The maximum Gasteiger partial charge on any atom is 0.311 e. The molecule has 25 heavy (non-hydrogen) atoms. The second kappa shape index (κ2) is 8.81. The Morgan fingerprint density at radius 1 is 1.04 bits per heavy atom. The van der Waals surface area contributed by atoms with Gasteiger partial charge in [0, 0.05) is 38.8 Å². The van der Waals surface area contributed by atoms with Crippen molar-refractivity contribution in [3.05, 3.63) is 42.0 Å². The fourth-order valence-electron chi connectivity index (χ4n) is 3.50. The van der Waals surface area contributed by atoms with Crippen LogP contribution in [0.25, 0.3) is 6.08 Å². The number of amides is 2. The van der Waals surface area contributed by atoms with Crippen molar-refractivity contribution in [3.63, 3.8) is 0 Å². The summed E-state index contributed by atoms with van der Waals surface area (Å²) >= 11 is 0. The second-order valence-corrected chi connectivity index (χ2v) is 6.86. The fraction of sp³-hybridized carbons (Fsp3) is 0.500. The Morgan fingerprint density at radius 2 is 1.72 bits per heavy atom. The molecule has 0 radical (unpaired) electrons. The zero-order valence-electron chi connectivity index (χ0n) is 14.7. The molecule has 2 aliphatic rings. The normalized spacial score (nSPS) is 19.4. The molecule has 1 aromatic carbocycles. The molecule has 0 spiro atoms. The third-order valence-electron chi connectivity index (χ3n) is 5.02. The highest BCUT2D eigenvalue weighted by atomic mass is 16.2. The van der Waals surface area contributed by atoms with Crippen LogP contribution >= 0.6 is 0 Å². The summed E-state index contributed by atoms with van der Waals surface area (Å²) in [4.78, 5) is 28.3. The summed E-state index contributed by atoms with van der Waals surface area (Å²) in [5.74, 6) is -0.796. The van der Waals surface area contributed by atoms with E-state index < -0.39 is 5.91 Å². The first kappa shape index (κ1) is 17.7. The molecule has 5 nitrogen and oxygen atoms in total. The van der Waals surface area contributed by atoms with Crippen molar-refractivity contribution in [1.82, 2.24) is 15.1 Å². The lowest BCUT2D eigenvalue weighted by Gasteiger charge is -2.33. The number of carbonyl (C=O) groups excluding carboxylic acids is 2. The highest BCUT2D eigenvalue weighted by molar-refractivity contribution is 6.35. The van der Waals surface area contributed by atoms with Gasteiger partial charge in [-0.15, -0.1) is 0 Å². The molecule has 0 unspecified atom stereocenters. The van der Waals surface area contributed by atoms with Crippen LogP contribution in [0.1, 0.15) is 31.2 Å². The third-order valence-corrected chi connectivity index (χ3v) is 5.02. The van der Waals surface area contributed by atoms with Gasteiger partial charge >= 0.3 is 11.8 Å². The molecule has 2 amide bonds. The largest absolute Gasteiger partial charge is 0.345 e. The van der Waals surface area contributed by atoms with Gasteiger partial charge in [-0.2, -0.15) is 0 Å². The van der Waals surface area contributed by atoms with E-state index in [1.807, 2.05) is 18.2 Å². The summed E-state index contributed by atoms with van der Waals surface area (Å²) in [6.07, 6.45) is 8.57. The van der Waals surface area contributed by atoms with Crippen molar-refractivity contribution in [1.29, 1.82) is 0 Å². The van der Waals surface area contributed by atoms with Gasteiger partial charge in [-0.3, -0.25) is 14.5 Å². The van der Waals surface area contributed by atoms with Crippen LogP contribution in [0.5, 0.6) is 0 Å². The number of carbonyl (C=O) groups is 2. The van der Waals surface area contributed by atoms with Crippen LogP contribution in [0.15, 0.2) is 36.4 Å². The lowest BCUT2D eigenvalue weighted by atomic mass is 10.2. The Hall–Kier alpha value is -2.14. The molecule has 3 rings (SSSR count). The van der Waals surface area contributed by atoms with E-state index in [0.29, 0.717) is 13.1 Å². The van der Waals surface area contributed by atoms with Gasteiger partial charge < -0.3 is 10.2 Å². The van der Waals surface area contributed by atoms with Crippen LogP contribution in [-0.2, 0) is 9.59 Å². The predicted octanol–water partition coefficient (Wildman–Crippen LogP) is 1.90. The quantitative estimate of drug-likeness (QED) is 0.851. The monoisotopic (exact) mass is 341 g/mol. The Balaban J connectivity index is 1.39. The van der Waals surface area contributed by atoms with Gasteiger partial charge in [0.1, 0.15) is 0 Å². The van der Waals surface area contributed by atoms with Gasteiger partial charge in [0.25, 0.3) is 0 Å². The number of rotatable bonds is 4. The summed E-state index contributed by atoms with van der Waals surface area (Å²) in [7, 11) is 0. The van der Waals surface area contributed by atoms with Gasteiger partial charge in [0.05, 0.1) is 0 Å². The molecule has 1 saturated carbocycles. The van der Waals surface area contributed by atoms with Crippen LogP contribution in [-0.4, -0.2) is 60.4 Å². The minimum Gasteiger partial charge on any atom is -0.345 e. The van der Waals surface area contributed by atoms with Gasteiger partial charge in [0.2, 0.25) is 0 Å². The number of nitrogens with zero attached hydrogens (tertiary/aromatic N) is 2. The van der Waals surface area contributed by atoms with Crippen molar-refractivity contribution in [2.24, 2.45) is 0 Å². The molecular formula is C20H27N3O2. The number of hydrogen-bond donors (Lipinski definition) is 1. The molecule has 1 N–H and O–H groups in total. The first-order valence-corrected chi connectivity index (χ1v) is 9.26. The number of hydrogen-bond acceptors (Lipinski definition) is 3. The zero-order chi connectivity index (χ0) is 17.5. The number of piperazine rings is 1. The van der Waals surface area contributed by atoms with Crippen LogP contribution in [0.2, 0.25) is 0 Å². The Kier molecular flexibility index (Phi) is 6.23. The SMILES string of the molecule is O=C(NC1CCCC1)C(=O)N1CCN(C/C=C/c2ccccc2)CC1. The third kappa shape index (κ3) is 5.16. The standard InChI is InChI=1S/C20H27N3O2/c24-19(21-18-10-4-5-11-18)20(25)23-15-13-22(14-16-23)12-6-9-17-7-2-1-3-8-17/h1-3,6-9,18H,4-5,10-16H2,(H,21,24)/b9-6+. The molecule has 2 fully saturated rings. The summed E-state index contributed by atoms with van der Waals surface area (Å²) in [5, 5.41) is 2.88. The Morgan fingerprint density at radius 3 is 2.40 bits per heavy atom.